The van der Waals surface area contributed by atoms with Crippen LogP contribution in [-0.4, -0.2) is 18.9 Å². The first-order valence-corrected chi connectivity index (χ1v) is 9.82. The molecule has 2 aromatic rings. The first-order valence-electron chi connectivity index (χ1n) is 7.59. The molecular weight excluding hydrogens is 355 g/mol. The van der Waals surface area contributed by atoms with Gasteiger partial charge >= 0.3 is 0 Å². The van der Waals surface area contributed by atoms with Gasteiger partial charge in [0.05, 0.1) is 9.92 Å². The Morgan fingerprint density at radius 1 is 1.13 bits per heavy atom. The molecule has 7 heteroatoms. The van der Waals surface area contributed by atoms with Crippen molar-refractivity contribution in [1.29, 1.82) is 0 Å². The van der Waals surface area contributed by atoms with Crippen molar-refractivity contribution >= 4 is 44.0 Å². The predicted molar refractivity (Wildman–Crippen MR) is 93.6 cm³/mol. The second-order valence-electron chi connectivity index (χ2n) is 6.33. The minimum atomic E-state index is -3.62. The van der Waals surface area contributed by atoms with Crippen LogP contribution in [0.4, 0.5) is 0 Å². The molecule has 0 radical (unpaired) electrons. The molecule has 1 aromatic heterocycles. The van der Waals surface area contributed by atoms with E-state index >= 15 is 0 Å². The van der Waals surface area contributed by atoms with E-state index in [4.69, 9.17) is 23.2 Å². The molecule has 23 heavy (non-hydrogen) atoms. The molecule has 1 aromatic carbocycles. The van der Waals surface area contributed by atoms with Gasteiger partial charge in [-0.3, -0.25) is 0 Å². The summed E-state index contributed by atoms with van der Waals surface area (Å²) in [4.78, 5) is 4.16. The zero-order chi connectivity index (χ0) is 16.7. The fourth-order valence-electron chi connectivity index (χ4n) is 3.14. The van der Waals surface area contributed by atoms with Crippen molar-refractivity contribution in [3.8, 4) is 0 Å². The molecule has 1 heterocycles. The number of aromatic nitrogens is 1. The van der Waals surface area contributed by atoms with Crippen LogP contribution < -0.4 is 4.72 Å². The second-order valence-corrected chi connectivity index (χ2v) is 8.78. The van der Waals surface area contributed by atoms with Crippen LogP contribution in [0.15, 0.2) is 29.3 Å². The van der Waals surface area contributed by atoms with Crippen LogP contribution in [0.5, 0.6) is 0 Å². The van der Waals surface area contributed by atoms with Gasteiger partial charge in [0.2, 0.25) is 10.0 Å². The van der Waals surface area contributed by atoms with Crippen molar-refractivity contribution in [2.24, 2.45) is 0 Å². The summed E-state index contributed by atoms with van der Waals surface area (Å²) < 4.78 is 28.3. The van der Waals surface area contributed by atoms with Gasteiger partial charge in [-0.15, -0.1) is 0 Å². The predicted octanol–water partition coefficient (Wildman–Crippen LogP) is 4.54. The Morgan fingerprint density at radius 2 is 1.83 bits per heavy atom. The molecule has 1 aliphatic carbocycles. The zero-order valence-corrected chi connectivity index (χ0v) is 15.1. The highest BCUT2D eigenvalue weighted by atomic mass is 35.5. The first-order chi connectivity index (χ1) is 10.8. The number of halogens is 2. The molecule has 0 spiro atoms. The maximum absolute atomic E-state index is 12.7. The fourth-order valence-corrected chi connectivity index (χ4v) is 5.05. The zero-order valence-electron chi connectivity index (χ0n) is 12.8. The third-order valence-corrected chi connectivity index (χ3v) is 6.65. The van der Waals surface area contributed by atoms with E-state index in [-0.39, 0.29) is 15.6 Å². The van der Waals surface area contributed by atoms with Gasteiger partial charge in [0, 0.05) is 22.5 Å². The van der Waals surface area contributed by atoms with E-state index in [9.17, 15) is 8.42 Å². The lowest BCUT2D eigenvalue weighted by molar-refractivity contribution is 0.294. The van der Waals surface area contributed by atoms with Crippen LogP contribution in [0.2, 0.25) is 10.2 Å². The SMILES string of the molecule is CC1(NS(=O)(=O)c2ccc3c(Cl)cnc(Cl)c3c2)CCCCC1. The number of hydrogen-bond acceptors (Lipinski definition) is 3. The Balaban J connectivity index is 2.00. The van der Waals surface area contributed by atoms with Crippen LogP contribution in [0.1, 0.15) is 39.0 Å². The Hall–Kier alpha value is -0.880. The highest BCUT2D eigenvalue weighted by molar-refractivity contribution is 7.89. The van der Waals surface area contributed by atoms with E-state index in [1.54, 1.807) is 12.1 Å². The molecular formula is C16H18Cl2N2O2S. The lowest BCUT2D eigenvalue weighted by Crippen LogP contribution is -2.47. The molecule has 0 amide bonds. The number of benzene rings is 1. The normalized spacial score (nSPS) is 18.2. The van der Waals surface area contributed by atoms with E-state index in [2.05, 4.69) is 9.71 Å². The molecule has 4 nitrogen and oxygen atoms in total. The van der Waals surface area contributed by atoms with Crippen molar-refractivity contribution in [3.05, 3.63) is 34.6 Å². The third-order valence-electron chi connectivity index (χ3n) is 4.41. The Labute approximate surface area is 146 Å². The lowest BCUT2D eigenvalue weighted by Gasteiger charge is -2.34. The number of nitrogens with one attached hydrogen (secondary N) is 1. The molecule has 0 saturated heterocycles. The summed E-state index contributed by atoms with van der Waals surface area (Å²) in [6, 6.07) is 4.76. The molecule has 0 aliphatic heterocycles. The van der Waals surface area contributed by atoms with Crippen molar-refractivity contribution < 1.29 is 8.42 Å². The van der Waals surface area contributed by atoms with Gasteiger partial charge < -0.3 is 0 Å². The summed E-state index contributed by atoms with van der Waals surface area (Å²) >= 11 is 12.2. The number of hydrogen-bond donors (Lipinski definition) is 1. The number of sulfonamides is 1. The Kier molecular flexibility index (Phi) is 4.58. The van der Waals surface area contributed by atoms with Gasteiger partial charge in [0.25, 0.3) is 0 Å². The van der Waals surface area contributed by atoms with Crippen molar-refractivity contribution in [2.45, 2.75) is 49.5 Å². The van der Waals surface area contributed by atoms with Crippen molar-refractivity contribution in [3.63, 3.8) is 0 Å². The highest BCUT2D eigenvalue weighted by Crippen LogP contribution is 2.32. The summed E-state index contributed by atoms with van der Waals surface area (Å²) in [6.07, 6.45) is 6.42. The first kappa shape index (κ1) is 17.0. The number of rotatable bonds is 3. The number of pyridine rings is 1. The maximum atomic E-state index is 12.7. The summed E-state index contributed by atoms with van der Waals surface area (Å²) in [6.45, 7) is 1.97. The summed E-state index contributed by atoms with van der Waals surface area (Å²) in [5, 5.41) is 1.91. The maximum Gasteiger partial charge on any atom is 0.241 e. The molecule has 124 valence electrons. The summed E-state index contributed by atoms with van der Waals surface area (Å²) in [5.41, 5.74) is -0.386. The van der Waals surface area contributed by atoms with Crippen LogP contribution in [0.25, 0.3) is 10.8 Å². The van der Waals surface area contributed by atoms with Gasteiger partial charge in [0.15, 0.2) is 0 Å². The van der Waals surface area contributed by atoms with Crippen LogP contribution in [0, 0.1) is 0 Å². The second kappa shape index (κ2) is 6.20. The number of nitrogens with zero attached hydrogens (tertiary/aromatic N) is 1. The van der Waals surface area contributed by atoms with E-state index in [0.717, 1.165) is 32.1 Å². The molecule has 1 N–H and O–H groups in total. The molecule has 0 unspecified atom stereocenters. The van der Waals surface area contributed by atoms with E-state index in [0.29, 0.717) is 15.8 Å². The minimum absolute atomic E-state index is 0.183. The monoisotopic (exact) mass is 372 g/mol. The van der Waals surface area contributed by atoms with Gasteiger partial charge in [-0.2, -0.15) is 0 Å². The van der Waals surface area contributed by atoms with Gasteiger partial charge in [-0.1, -0.05) is 48.5 Å². The largest absolute Gasteiger partial charge is 0.242 e. The van der Waals surface area contributed by atoms with E-state index in [1.807, 2.05) is 6.92 Å². The van der Waals surface area contributed by atoms with Crippen molar-refractivity contribution in [2.75, 3.05) is 0 Å². The summed E-state index contributed by atoms with van der Waals surface area (Å²) in [7, 11) is -3.62. The smallest absolute Gasteiger partial charge is 0.241 e. The molecule has 0 atom stereocenters. The van der Waals surface area contributed by atoms with E-state index in [1.165, 1.54) is 12.3 Å². The molecule has 3 rings (SSSR count). The third kappa shape index (κ3) is 3.48. The molecule has 1 saturated carbocycles. The quantitative estimate of drug-likeness (QED) is 0.804. The number of fused-ring (bicyclic) bond motifs is 1. The van der Waals surface area contributed by atoms with Crippen LogP contribution in [0.3, 0.4) is 0 Å². The average Bonchev–Trinajstić information content (AvgIpc) is 2.50. The van der Waals surface area contributed by atoms with Gasteiger partial charge in [0.1, 0.15) is 5.15 Å². The molecule has 0 bridgehead atoms. The average molecular weight is 373 g/mol. The topological polar surface area (TPSA) is 59.1 Å². The van der Waals surface area contributed by atoms with Crippen LogP contribution in [-0.2, 0) is 10.0 Å². The summed E-state index contributed by atoms with van der Waals surface area (Å²) in [5.74, 6) is 0. The molecule has 1 fully saturated rings. The fraction of sp³-hybridized carbons (Fsp3) is 0.438. The Morgan fingerprint density at radius 3 is 2.52 bits per heavy atom. The van der Waals surface area contributed by atoms with E-state index < -0.39 is 10.0 Å². The minimum Gasteiger partial charge on any atom is -0.242 e. The Bertz CT molecular complexity index is 847. The highest BCUT2D eigenvalue weighted by Gasteiger charge is 2.32. The van der Waals surface area contributed by atoms with Crippen LogP contribution >= 0.6 is 23.2 Å². The molecule has 1 aliphatic rings. The lowest BCUT2D eigenvalue weighted by atomic mass is 9.84. The van der Waals surface area contributed by atoms with Gasteiger partial charge in [-0.25, -0.2) is 18.1 Å². The van der Waals surface area contributed by atoms with Crippen molar-refractivity contribution in [1.82, 2.24) is 9.71 Å². The van der Waals surface area contributed by atoms with Gasteiger partial charge in [-0.05, 0) is 31.9 Å². The standard InChI is InChI=1S/C16H18Cl2N2O2S/c1-16(7-3-2-4-8-16)20-23(21,22)11-5-6-12-13(9-11)15(18)19-10-14(12)17/h5-6,9-10,20H,2-4,7-8H2,1H3.